The molecule has 174 valence electrons. The first kappa shape index (κ1) is 22.9. The molecule has 0 aliphatic heterocycles. The molecule has 0 saturated heterocycles. The van der Waals surface area contributed by atoms with E-state index in [0.29, 0.717) is 18.5 Å². The van der Waals surface area contributed by atoms with E-state index in [9.17, 15) is 14.0 Å². The Kier molecular flexibility index (Phi) is 7.32. The number of rotatable bonds is 9. The van der Waals surface area contributed by atoms with E-state index in [-0.39, 0.29) is 30.0 Å². The molecule has 1 aliphatic rings. The minimum atomic E-state index is -1.04. The Morgan fingerprint density at radius 1 is 1.15 bits per heavy atom. The number of carbonyl (C=O) groups is 2. The van der Waals surface area contributed by atoms with E-state index in [2.05, 4.69) is 15.6 Å². The highest BCUT2D eigenvalue weighted by molar-refractivity contribution is 5.89. The van der Waals surface area contributed by atoms with Crippen LogP contribution < -0.4 is 5.32 Å². The third-order valence-electron chi connectivity index (χ3n) is 6.24. The number of unbranched alkanes of at least 4 members (excludes halogenated alkanes) is 1. The number of benzene rings is 2. The van der Waals surface area contributed by atoms with Crippen LogP contribution in [-0.2, 0) is 16.1 Å². The van der Waals surface area contributed by atoms with Gasteiger partial charge in [0.15, 0.2) is 0 Å². The zero-order chi connectivity index (χ0) is 23.2. The number of amides is 2. The minimum Gasteiger partial charge on any atom is -0.351 e. The van der Waals surface area contributed by atoms with Gasteiger partial charge in [-0.1, -0.05) is 61.7 Å². The number of nitrogens with zero attached hydrogens (tertiary/aromatic N) is 4. The summed E-state index contributed by atoms with van der Waals surface area (Å²) in [5.74, 6) is -1.13. The van der Waals surface area contributed by atoms with E-state index in [0.717, 1.165) is 37.6 Å². The molecular formula is C25H30FN5O2. The molecule has 0 bridgehead atoms. The van der Waals surface area contributed by atoms with Crippen molar-refractivity contribution in [2.24, 2.45) is 0 Å². The molecule has 1 unspecified atom stereocenters. The average Bonchev–Trinajstić information content (AvgIpc) is 3.47. The maximum absolute atomic E-state index is 14.9. The van der Waals surface area contributed by atoms with Gasteiger partial charge >= 0.3 is 0 Å². The number of hydrogen-bond acceptors (Lipinski definition) is 4. The molecule has 3 aromatic rings. The number of aromatic nitrogens is 3. The quantitative estimate of drug-likeness (QED) is 0.533. The SMILES string of the molecule is CCCCN(C(=O)Cn1nnc2ccccc21)C(C(=O)NC1CCCC1)c1ccccc1F. The van der Waals surface area contributed by atoms with Crippen molar-refractivity contribution in [3.05, 3.63) is 59.9 Å². The summed E-state index contributed by atoms with van der Waals surface area (Å²) in [5, 5.41) is 11.3. The molecule has 1 N–H and O–H groups in total. The summed E-state index contributed by atoms with van der Waals surface area (Å²) >= 11 is 0. The summed E-state index contributed by atoms with van der Waals surface area (Å²) < 4.78 is 16.4. The third kappa shape index (κ3) is 5.21. The summed E-state index contributed by atoms with van der Waals surface area (Å²) in [6.07, 6.45) is 5.48. The summed E-state index contributed by atoms with van der Waals surface area (Å²) in [4.78, 5) is 28.5. The fourth-order valence-corrected chi connectivity index (χ4v) is 4.48. The summed E-state index contributed by atoms with van der Waals surface area (Å²) in [6.45, 7) is 2.29. The Morgan fingerprint density at radius 2 is 1.88 bits per heavy atom. The van der Waals surface area contributed by atoms with Gasteiger partial charge in [0, 0.05) is 18.2 Å². The molecule has 8 heteroatoms. The highest BCUT2D eigenvalue weighted by Crippen LogP contribution is 2.27. The molecule has 1 saturated carbocycles. The molecule has 1 heterocycles. The van der Waals surface area contributed by atoms with Crippen molar-refractivity contribution in [2.75, 3.05) is 6.54 Å². The topological polar surface area (TPSA) is 80.1 Å². The molecule has 1 fully saturated rings. The lowest BCUT2D eigenvalue weighted by molar-refractivity contribution is -0.142. The van der Waals surface area contributed by atoms with Gasteiger partial charge < -0.3 is 10.2 Å². The summed E-state index contributed by atoms with van der Waals surface area (Å²) in [5.41, 5.74) is 1.63. The van der Waals surface area contributed by atoms with Crippen LogP contribution in [0.4, 0.5) is 4.39 Å². The zero-order valence-corrected chi connectivity index (χ0v) is 18.9. The molecule has 4 rings (SSSR count). The van der Waals surface area contributed by atoms with Gasteiger partial charge in [0.05, 0.1) is 5.52 Å². The maximum atomic E-state index is 14.9. The largest absolute Gasteiger partial charge is 0.351 e. The first-order valence-electron chi connectivity index (χ1n) is 11.7. The Morgan fingerprint density at radius 3 is 2.64 bits per heavy atom. The number of nitrogens with one attached hydrogen (secondary N) is 1. The van der Waals surface area contributed by atoms with Gasteiger partial charge in [-0.25, -0.2) is 9.07 Å². The fourth-order valence-electron chi connectivity index (χ4n) is 4.48. The van der Waals surface area contributed by atoms with Crippen LogP contribution in [0.2, 0.25) is 0 Å². The average molecular weight is 452 g/mol. The van der Waals surface area contributed by atoms with Crippen LogP contribution in [-0.4, -0.2) is 44.3 Å². The van der Waals surface area contributed by atoms with E-state index in [1.165, 1.54) is 15.6 Å². The maximum Gasteiger partial charge on any atom is 0.247 e. The Balaban J connectivity index is 1.66. The number of para-hydroxylation sites is 1. The van der Waals surface area contributed by atoms with Crippen LogP contribution in [0, 0.1) is 5.82 Å². The van der Waals surface area contributed by atoms with Crippen molar-refractivity contribution in [1.82, 2.24) is 25.2 Å². The van der Waals surface area contributed by atoms with Crippen molar-refractivity contribution in [3.8, 4) is 0 Å². The van der Waals surface area contributed by atoms with Crippen LogP contribution in [0.1, 0.15) is 57.1 Å². The molecule has 0 radical (unpaired) electrons. The zero-order valence-electron chi connectivity index (χ0n) is 18.9. The molecule has 2 amide bonds. The standard InChI is InChI=1S/C25H30FN5O2/c1-2-3-16-30(23(32)17-31-22-15-9-8-14-21(22)28-29-31)24(19-12-6-7-13-20(19)26)25(33)27-18-10-4-5-11-18/h6-9,12-15,18,24H,2-5,10-11,16-17H2,1H3,(H,27,33). The van der Waals surface area contributed by atoms with Crippen LogP contribution in [0.15, 0.2) is 48.5 Å². The minimum absolute atomic E-state index is 0.0640. The van der Waals surface area contributed by atoms with E-state index >= 15 is 0 Å². The van der Waals surface area contributed by atoms with Gasteiger partial charge in [0.2, 0.25) is 11.8 Å². The van der Waals surface area contributed by atoms with Crippen LogP contribution in [0.5, 0.6) is 0 Å². The molecular weight excluding hydrogens is 421 g/mol. The lowest BCUT2D eigenvalue weighted by Gasteiger charge is -2.32. The monoisotopic (exact) mass is 451 g/mol. The van der Waals surface area contributed by atoms with E-state index in [1.807, 2.05) is 31.2 Å². The van der Waals surface area contributed by atoms with Crippen LogP contribution in [0.3, 0.4) is 0 Å². The summed E-state index contributed by atoms with van der Waals surface area (Å²) in [6, 6.07) is 12.6. The van der Waals surface area contributed by atoms with Gasteiger partial charge in [-0.3, -0.25) is 9.59 Å². The van der Waals surface area contributed by atoms with Crippen molar-refractivity contribution >= 4 is 22.8 Å². The van der Waals surface area contributed by atoms with Gasteiger partial charge in [0.25, 0.3) is 0 Å². The molecule has 33 heavy (non-hydrogen) atoms. The molecule has 1 aromatic heterocycles. The molecule has 0 spiro atoms. The highest BCUT2D eigenvalue weighted by Gasteiger charge is 2.34. The van der Waals surface area contributed by atoms with E-state index in [4.69, 9.17) is 0 Å². The number of carbonyl (C=O) groups excluding carboxylic acids is 2. The van der Waals surface area contributed by atoms with E-state index in [1.54, 1.807) is 18.2 Å². The number of halogens is 1. The number of hydrogen-bond donors (Lipinski definition) is 1. The molecule has 1 aliphatic carbocycles. The fraction of sp³-hybridized carbons (Fsp3) is 0.440. The smallest absolute Gasteiger partial charge is 0.247 e. The van der Waals surface area contributed by atoms with Gasteiger partial charge in [-0.05, 0) is 37.5 Å². The van der Waals surface area contributed by atoms with Crippen molar-refractivity contribution < 1.29 is 14.0 Å². The Hall–Kier alpha value is -3.29. The van der Waals surface area contributed by atoms with Gasteiger partial charge in [-0.15, -0.1) is 5.10 Å². The second kappa shape index (κ2) is 10.6. The second-order valence-corrected chi connectivity index (χ2v) is 8.59. The lowest BCUT2D eigenvalue weighted by atomic mass is 10.0. The van der Waals surface area contributed by atoms with Crippen molar-refractivity contribution in [1.29, 1.82) is 0 Å². The van der Waals surface area contributed by atoms with Crippen molar-refractivity contribution in [2.45, 2.75) is 64.1 Å². The van der Waals surface area contributed by atoms with E-state index < -0.39 is 11.9 Å². The Bertz CT molecular complexity index is 1110. The molecule has 2 aromatic carbocycles. The predicted molar refractivity (Wildman–Crippen MR) is 124 cm³/mol. The van der Waals surface area contributed by atoms with Crippen LogP contribution >= 0.6 is 0 Å². The molecule has 7 nitrogen and oxygen atoms in total. The Labute approximate surface area is 193 Å². The first-order chi connectivity index (χ1) is 16.1. The predicted octanol–water partition coefficient (Wildman–Crippen LogP) is 4.00. The van der Waals surface area contributed by atoms with Crippen molar-refractivity contribution in [3.63, 3.8) is 0 Å². The van der Waals surface area contributed by atoms with Gasteiger partial charge in [0.1, 0.15) is 23.9 Å². The number of fused-ring (bicyclic) bond motifs is 1. The first-order valence-corrected chi connectivity index (χ1v) is 11.7. The lowest BCUT2D eigenvalue weighted by Crippen LogP contribution is -2.47. The van der Waals surface area contributed by atoms with Crippen LogP contribution in [0.25, 0.3) is 11.0 Å². The molecule has 1 atom stereocenters. The second-order valence-electron chi connectivity index (χ2n) is 8.59. The summed E-state index contributed by atoms with van der Waals surface area (Å²) in [7, 11) is 0. The normalized spacial score (nSPS) is 15.0. The highest BCUT2D eigenvalue weighted by atomic mass is 19.1. The van der Waals surface area contributed by atoms with Gasteiger partial charge in [-0.2, -0.15) is 0 Å². The third-order valence-corrected chi connectivity index (χ3v) is 6.24.